The van der Waals surface area contributed by atoms with Crippen LogP contribution in [-0.4, -0.2) is 11.1 Å². The number of pyridine rings is 1. The van der Waals surface area contributed by atoms with Gasteiger partial charge >= 0.3 is 0 Å². The molecule has 1 saturated carbocycles. The summed E-state index contributed by atoms with van der Waals surface area (Å²) in [5, 5.41) is 2.65. The molecule has 1 aromatic carbocycles. The molecular formula is C24H29F2N3O. The fraction of sp³-hybridized carbons (Fsp3) is 0.292. The molecule has 0 radical (unpaired) electrons. The monoisotopic (exact) mass is 413 g/mol. The summed E-state index contributed by atoms with van der Waals surface area (Å²) in [6, 6.07) is 0.101. The maximum Gasteiger partial charge on any atom is 0.199 e. The van der Waals surface area contributed by atoms with Crippen molar-refractivity contribution in [2.45, 2.75) is 39.2 Å². The molecule has 0 amide bonds. The molecule has 1 aliphatic rings. The summed E-state index contributed by atoms with van der Waals surface area (Å²) in [4.78, 5) is 12.7. The molecule has 160 valence electrons. The smallest absolute Gasteiger partial charge is 0.199 e. The highest BCUT2D eigenvalue weighted by molar-refractivity contribution is 5.96. The Hall–Kier alpha value is -3.15. The number of nitrogen functional groups attached to an aromatic ring is 1. The van der Waals surface area contributed by atoms with Crippen molar-refractivity contribution in [2.24, 2.45) is 0 Å². The molecule has 1 aromatic heterocycles. The molecule has 1 heterocycles. The van der Waals surface area contributed by atoms with E-state index in [9.17, 15) is 9.18 Å². The molecule has 0 unspecified atom stereocenters. The Morgan fingerprint density at radius 1 is 1.27 bits per heavy atom. The second-order valence-corrected chi connectivity index (χ2v) is 7.21. The van der Waals surface area contributed by atoms with Crippen LogP contribution in [0.2, 0.25) is 0 Å². The Labute approximate surface area is 176 Å². The largest absolute Gasteiger partial charge is 0.396 e. The van der Waals surface area contributed by atoms with Crippen molar-refractivity contribution < 1.29 is 8.78 Å². The molecule has 0 spiro atoms. The maximum atomic E-state index is 15.1. The third-order valence-corrected chi connectivity index (χ3v) is 4.72. The first-order valence-corrected chi connectivity index (χ1v) is 9.95. The zero-order chi connectivity index (χ0) is 22.4. The average molecular weight is 414 g/mol. The number of nitrogens with two attached hydrogens (primary N) is 1. The molecule has 0 aliphatic heterocycles. The minimum atomic E-state index is -0.910. The molecule has 3 N–H and O–H groups in total. The van der Waals surface area contributed by atoms with Gasteiger partial charge in [-0.3, -0.25) is 4.79 Å². The number of hydrogen-bond donors (Lipinski definition) is 2. The van der Waals surface area contributed by atoms with Crippen LogP contribution in [0.25, 0.3) is 16.5 Å². The lowest BCUT2D eigenvalue weighted by molar-refractivity contribution is 0.590. The van der Waals surface area contributed by atoms with Crippen LogP contribution >= 0.6 is 0 Å². The Bertz CT molecular complexity index is 1050. The van der Waals surface area contributed by atoms with Crippen LogP contribution in [-0.2, 0) is 0 Å². The second-order valence-electron chi connectivity index (χ2n) is 7.21. The van der Waals surface area contributed by atoms with Crippen LogP contribution in [0.1, 0.15) is 44.7 Å². The van der Waals surface area contributed by atoms with E-state index in [-0.39, 0.29) is 28.3 Å². The molecular weight excluding hydrogens is 384 g/mol. The van der Waals surface area contributed by atoms with Crippen molar-refractivity contribution in [2.75, 3.05) is 17.6 Å². The average Bonchev–Trinajstić information content (AvgIpc) is 3.55. The first-order chi connectivity index (χ1) is 14.3. The zero-order valence-electron chi connectivity index (χ0n) is 17.6. The number of nitrogens with one attached hydrogen (secondary N) is 1. The van der Waals surface area contributed by atoms with E-state index < -0.39 is 17.1 Å². The predicted octanol–water partition coefficient (Wildman–Crippen LogP) is 5.97. The van der Waals surface area contributed by atoms with Crippen LogP contribution in [0, 0.1) is 11.6 Å². The number of halogens is 2. The first-order valence-electron chi connectivity index (χ1n) is 9.95. The van der Waals surface area contributed by atoms with Gasteiger partial charge in [0.05, 0.1) is 16.6 Å². The topological polar surface area (TPSA) is 60.1 Å². The number of nitrogens with zero attached hydrogens (tertiary/aromatic N) is 1. The van der Waals surface area contributed by atoms with Crippen molar-refractivity contribution in [3.05, 3.63) is 77.7 Å². The first kappa shape index (κ1) is 23.1. The molecule has 2 aromatic rings. The lowest BCUT2D eigenvalue weighted by Gasteiger charge is -2.18. The summed E-state index contributed by atoms with van der Waals surface area (Å²) in [7, 11) is 0. The number of fused-ring (bicyclic) bond motifs is 1. The summed E-state index contributed by atoms with van der Waals surface area (Å²) in [6.45, 7) is 14.7. The summed E-state index contributed by atoms with van der Waals surface area (Å²) >= 11 is 0. The van der Waals surface area contributed by atoms with Gasteiger partial charge in [0.25, 0.3) is 0 Å². The number of benzene rings is 1. The molecule has 1 aliphatic carbocycles. The van der Waals surface area contributed by atoms with E-state index in [0.717, 1.165) is 12.8 Å². The van der Waals surface area contributed by atoms with Crippen molar-refractivity contribution in [1.82, 2.24) is 4.57 Å². The van der Waals surface area contributed by atoms with E-state index in [2.05, 4.69) is 25.1 Å². The lowest BCUT2D eigenvalue weighted by Crippen LogP contribution is -2.18. The van der Waals surface area contributed by atoms with E-state index in [0.29, 0.717) is 24.1 Å². The number of allylic oxidation sites excluding steroid dienone is 5. The molecule has 6 heteroatoms. The fourth-order valence-electron chi connectivity index (χ4n) is 3.07. The number of anilines is 2. The summed E-state index contributed by atoms with van der Waals surface area (Å²) in [5.41, 5.74) is 5.80. The molecule has 0 atom stereocenters. The minimum absolute atomic E-state index is 0.0741. The molecule has 30 heavy (non-hydrogen) atoms. The SMILES string of the molecule is C=C(C)c1cn(C2CC2)c2c(F)c(NCCC)c(F)c(N)c2c1=O.C=C/C=C\C=C. The molecule has 0 bridgehead atoms. The van der Waals surface area contributed by atoms with Gasteiger partial charge in [0, 0.05) is 24.3 Å². The zero-order valence-corrected chi connectivity index (χ0v) is 17.6. The summed E-state index contributed by atoms with van der Waals surface area (Å²) < 4.78 is 31.3. The van der Waals surface area contributed by atoms with Gasteiger partial charge in [0.1, 0.15) is 5.69 Å². The van der Waals surface area contributed by atoms with Gasteiger partial charge in [0.2, 0.25) is 0 Å². The van der Waals surface area contributed by atoms with E-state index >= 15 is 4.39 Å². The number of rotatable bonds is 7. The van der Waals surface area contributed by atoms with Crippen molar-refractivity contribution in [3.63, 3.8) is 0 Å². The normalized spacial score (nSPS) is 13.1. The Balaban J connectivity index is 0.000000469. The van der Waals surface area contributed by atoms with Gasteiger partial charge in [-0.05, 0) is 31.8 Å². The van der Waals surface area contributed by atoms with Gasteiger partial charge in [0.15, 0.2) is 17.1 Å². The van der Waals surface area contributed by atoms with Crippen LogP contribution in [0.3, 0.4) is 0 Å². The Kier molecular flexibility index (Phi) is 7.75. The van der Waals surface area contributed by atoms with E-state index in [4.69, 9.17) is 5.73 Å². The van der Waals surface area contributed by atoms with E-state index in [1.807, 2.05) is 19.1 Å². The van der Waals surface area contributed by atoms with Gasteiger partial charge in [-0.2, -0.15) is 0 Å². The predicted molar refractivity (Wildman–Crippen MR) is 124 cm³/mol. The third-order valence-electron chi connectivity index (χ3n) is 4.72. The summed E-state index contributed by atoms with van der Waals surface area (Å²) in [6.07, 6.45) is 11.2. The highest BCUT2D eigenvalue weighted by Crippen LogP contribution is 2.41. The number of aromatic nitrogens is 1. The van der Waals surface area contributed by atoms with Crippen molar-refractivity contribution >= 4 is 27.9 Å². The molecule has 3 rings (SSSR count). The fourth-order valence-corrected chi connectivity index (χ4v) is 3.07. The highest BCUT2D eigenvalue weighted by Gasteiger charge is 2.30. The van der Waals surface area contributed by atoms with Gasteiger partial charge in [-0.1, -0.05) is 51.0 Å². The van der Waals surface area contributed by atoms with Gasteiger partial charge in [-0.15, -0.1) is 0 Å². The van der Waals surface area contributed by atoms with Crippen molar-refractivity contribution in [1.29, 1.82) is 0 Å². The molecule has 1 fully saturated rings. The highest BCUT2D eigenvalue weighted by atomic mass is 19.1. The molecule has 0 saturated heterocycles. The van der Waals surface area contributed by atoms with Gasteiger partial charge < -0.3 is 15.6 Å². The summed E-state index contributed by atoms with van der Waals surface area (Å²) in [5.74, 6) is -1.67. The lowest BCUT2D eigenvalue weighted by atomic mass is 10.0. The minimum Gasteiger partial charge on any atom is -0.396 e. The second kappa shape index (κ2) is 10.1. The van der Waals surface area contributed by atoms with E-state index in [1.54, 1.807) is 29.8 Å². The maximum absolute atomic E-state index is 15.1. The standard InChI is InChI=1S/C18H21F2N3O.C6H8/c1-4-7-22-16-13(19)15(21)12-17(14(16)20)23(10-5-6-10)8-11(9(2)3)18(12)24;1-3-5-6-4-2/h8,10,22H,2,4-7,21H2,1,3H3;3-6H,1-2H2/b;6-5-. The van der Waals surface area contributed by atoms with Crippen LogP contribution in [0.15, 0.2) is 55.0 Å². The Morgan fingerprint density at radius 2 is 1.87 bits per heavy atom. The molecule has 4 nitrogen and oxygen atoms in total. The van der Waals surface area contributed by atoms with Crippen LogP contribution in [0.4, 0.5) is 20.2 Å². The quantitative estimate of drug-likeness (QED) is 0.434. The van der Waals surface area contributed by atoms with Crippen LogP contribution in [0.5, 0.6) is 0 Å². The van der Waals surface area contributed by atoms with Crippen molar-refractivity contribution in [3.8, 4) is 0 Å². The van der Waals surface area contributed by atoms with E-state index in [1.165, 1.54) is 0 Å². The Morgan fingerprint density at radius 3 is 2.33 bits per heavy atom. The van der Waals surface area contributed by atoms with Gasteiger partial charge in [-0.25, -0.2) is 8.78 Å². The number of hydrogen-bond acceptors (Lipinski definition) is 3. The van der Waals surface area contributed by atoms with Crippen LogP contribution < -0.4 is 16.5 Å². The third kappa shape index (κ3) is 4.70.